The zero-order valence-electron chi connectivity index (χ0n) is 15.7. The Hall–Kier alpha value is -3.53. The second-order valence-corrected chi connectivity index (χ2v) is 6.77. The topological polar surface area (TPSA) is 53.8 Å². The van der Waals surface area contributed by atoms with E-state index in [9.17, 15) is 9.59 Å². The van der Waals surface area contributed by atoms with Crippen LogP contribution in [0.15, 0.2) is 79.3 Å². The van der Waals surface area contributed by atoms with Crippen LogP contribution in [0, 0.1) is 0 Å². The fourth-order valence-corrected chi connectivity index (χ4v) is 3.46. The van der Waals surface area contributed by atoms with Crippen molar-refractivity contribution in [3.05, 3.63) is 102 Å². The van der Waals surface area contributed by atoms with Gasteiger partial charge in [0.2, 0.25) is 12.3 Å². The minimum atomic E-state index is -0.0252. The van der Waals surface area contributed by atoms with Crippen LogP contribution in [0.1, 0.15) is 38.8 Å². The Morgan fingerprint density at radius 3 is 2.32 bits per heavy atom. The van der Waals surface area contributed by atoms with Crippen LogP contribution in [0.2, 0.25) is 0 Å². The molecule has 0 fully saturated rings. The van der Waals surface area contributed by atoms with Gasteiger partial charge in [0.05, 0.1) is 0 Å². The summed E-state index contributed by atoms with van der Waals surface area (Å²) in [6.07, 6.45) is 6.26. The number of hydrogen-bond donors (Lipinski definition) is 1. The zero-order valence-corrected chi connectivity index (χ0v) is 15.7. The first-order valence-corrected chi connectivity index (χ1v) is 9.38. The molecular formula is C24H21N2O2+. The second kappa shape index (κ2) is 7.61. The van der Waals surface area contributed by atoms with Gasteiger partial charge in [0.15, 0.2) is 18.2 Å². The molecule has 4 aromatic rings. The second-order valence-electron chi connectivity index (χ2n) is 6.77. The molecule has 0 saturated heterocycles. The van der Waals surface area contributed by atoms with Crippen LogP contribution in [0.25, 0.3) is 10.9 Å². The van der Waals surface area contributed by atoms with E-state index in [2.05, 4.69) is 18.0 Å². The van der Waals surface area contributed by atoms with Crippen molar-refractivity contribution in [3.63, 3.8) is 0 Å². The van der Waals surface area contributed by atoms with Crippen LogP contribution in [0.5, 0.6) is 0 Å². The van der Waals surface area contributed by atoms with Crippen molar-refractivity contribution in [2.24, 2.45) is 0 Å². The molecule has 4 heteroatoms. The average molecular weight is 369 g/mol. The fraction of sp³-hybridized carbons (Fsp3) is 0.125. The van der Waals surface area contributed by atoms with E-state index in [1.807, 2.05) is 30.3 Å². The number of fused-ring (bicyclic) bond motifs is 1. The number of aryl methyl sites for hydroxylation is 1. The Morgan fingerprint density at radius 2 is 1.61 bits per heavy atom. The molecule has 28 heavy (non-hydrogen) atoms. The number of nitrogens with one attached hydrogen (secondary N) is 1. The highest BCUT2D eigenvalue weighted by atomic mass is 16.1. The smallest absolute Gasteiger partial charge is 0.229 e. The van der Waals surface area contributed by atoms with Crippen molar-refractivity contribution in [3.8, 4) is 0 Å². The number of H-pyrrole nitrogens is 1. The first-order valence-electron chi connectivity index (χ1n) is 9.38. The lowest BCUT2D eigenvalue weighted by Gasteiger charge is -2.02. The molecule has 2 heterocycles. The molecule has 0 saturated carbocycles. The molecule has 0 unspecified atom stereocenters. The van der Waals surface area contributed by atoms with E-state index < -0.39 is 0 Å². The van der Waals surface area contributed by atoms with Gasteiger partial charge in [-0.1, -0.05) is 55.5 Å². The Bertz CT molecular complexity index is 1140. The van der Waals surface area contributed by atoms with Crippen LogP contribution >= 0.6 is 0 Å². The van der Waals surface area contributed by atoms with Gasteiger partial charge in [0.25, 0.3) is 0 Å². The Morgan fingerprint density at radius 1 is 0.893 bits per heavy atom. The number of benzene rings is 2. The SMILES string of the molecule is CCc1cccc2c(C(=O)C[n+]3ccc(C(=O)c4ccccc4)cc3)c[nH]c12. The van der Waals surface area contributed by atoms with E-state index in [0.29, 0.717) is 16.7 Å². The van der Waals surface area contributed by atoms with Crippen molar-refractivity contribution in [1.29, 1.82) is 0 Å². The van der Waals surface area contributed by atoms with Crippen molar-refractivity contribution >= 4 is 22.5 Å². The lowest BCUT2D eigenvalue weighted by atomic mass is 10.0. The van der Waals surface area contributed by atoms with Gasteiger partial charge in [-0.15, -0.1) is 0 Å². The molecule has 0 radical (unpaired) electrons. The summed E-state index contributed by atoms with van der Waals surface area (Å²) in [6, 6.07) is 18.7. The van der Waals surface area contributed by atoms with Gasteiger partial charge in [-0.25, -0.2) is 0 Å². The number of para-hydroxylation sites is 1. The van der Waals surface area contributed by atoms with Crippen molar-refractivity contribution < 1.29 is 14.2 Å². The summed E-state index contributed by atoms with van der Waals surface area (Å²) in [5, 5.41) is 0.959. The molecular weight excluding hydrogens is 348 g/mol. The largest absolute Gasteiger partial charge is 0.360 e. The summed E-state index contributed by atoms with van der Waals surface area (Å²) < 4.78 is 1.80. The maximum Gasteiger partial charge on any atom is 0.229 e. The molecule has 4 rings (SSSR count). The molecule has 0 bridgehead atoms. The fourth-order valence-electron chi connectivity index (χ4n) is 3.46. The third kappa shape index (κ3) is 3.37. The van der Waals surface area contributed by atoms with E-state index in [0.717, 1.165) is 17.3 Å². The van der Waals surface area contributed by atoms with E-state index in [1.54, 1.807) is 47.4 Å². The lowest BCUT2D eigenvalue weighted by Crippen LogP contribution is -2.37. The van der Waals surface area contributed by atoms with E-state index in [-0.39, 0.29) is 18.1 Å². The first kappa shape index (κ1) is 17.9. The van der Waals surface area contributed by atoms with Crippen molar-refractivity contribution in [2.45, 2.75) is 19.9 Å². The quantitative estimate of drug-likeness (QED) is 0.410. The number of carbonyl (C=O) groups is 2. The number of pyridine rings is 1. The highest BCUT2D eigenvalue weighted by Gasteiger charge is 2.18. The molecule has 0 atom stereocenters. The maximum atomic E-state index is 12.8. The molecule has 0 amide bonds. The Kier molecular flexibility index (Phi) is 4.85. The number of aromatic amines is 1. The van der Waals surface area contributed by atoms with Gasteiger partial charge in [-0.05, 0) is 12.0 Å². The summed E-state index contributed by atoms with van der Waals surface area (Å²) in [6.45, 7) is 2.33. The van der Waals surface area contributed by atoms with E-state index in [4.69, 9.17) is 0 Å². The van der Waals surface area contributed by atoms with Gasteiger partial charge < -0.3 is 4.98 Å². The summed E-state index contributed by atoms with van der Waals surface area (Å²) in [4.78, 5) is 28.6. The van der Waals surface area contributed by atoms with Gasteiger partial charge in [-0.3, -0.25) is 9.59 Å². The molecule has 1 N–H and O–H groups in total. The van der Waals surface area contributed by atoms with E-state index >= 15 is 0 Å². The minimum absolute atomic E-state index is 0.0252. The number of ketones is 2. The number of rotatable bonds is 6. The van der Waals surface area contributed by atoms with Crippen LogP contribution < -0.4 is 4.57 Å². The van der Waals surface area contributed by atoms with Crippen molar-refractivity contribution in [1.82, 2.24) is 4.98 Å². The molecule has 2 aromatic carbocycles. The highest BCUT2D eigenvalue weighted by Crippen LogP contribution is 2.22. The molecule has 138 valence electrons. The molecule has 2 aromatic heterocycles. The summed E-state index contributed by atoms with van der Waals surface area (Å²) in [5.41, 5.74) is 4.19. The number of aromatic nitrogens is 2. The minimum Gasteiger partial charge on any atom is -0.360 e. The van der Waals surface area contributed by atoms with Gasteiger partial charge in [-0.2, -0.15) is 4.57 Å². The third-order valence-corrected chi connectivity index (χ3v) is 5.00. The standard InChI is InChI=1S/C24H20N2O2/c1-2-17-9-6-10-20-21(15-25-23(17)20)22(27)16-26-13-11-19(12-14-26)24(28)18-7-4-3-5-8-18/h3-15H,2,16H2,1H3/p+1. The Balaban J connectivity index is 1.54. The highest BCUT2D eigenvalue weighted by molar-refractivity contribution is 6.09. The normalized spacial score (nSPS) is 10.9. The molecule has 0 aliphatic carbocycles. The van der Waals surface area contributed by atoms with Crippen molar-refractivity contribution in [2.75, 3.05) is 0 Å². The predicted octanol–water partition coefficient (Wildman–Crippen LogP) is 4.13. The molecule has 4 nitrogen and oxygen atoms in total. The average Bonchev–Trinajstić information content (AvgIpc) is 3.19. The van der Waals surface area contributed by atoms with Crippen LogP contribution in [-0.4, -0.2) is 16.6 Å². The summed E-state index contributed by atoms with van der Waals surface area (Å²) in [5.74, 6) is 0.00874. The van der Waals surface area contributed by atoms with Gasteiger partial charge in [0.1, 0.15) is 0 Å². The van der Waals surface area contributed by atoms with Gasteiger partial charge in [0, 0.05) is 45.9 Å². The number of Topliss-reactive ketones (excluding diaryl/α,β-unsaturated/α-hetero) is 1. The molecule has 0 spiro atoms. The lowest BCUT2D eigenvalue weighted by molar-refractivity contribution is -0.683. The monoisotopic (exact) mass is 369 g/mol. The van der Waals surface area contributed by atoms with Crippen LogP contribution in [0.3, 0.4) is 0 Å². The predicted molar refractivity (Wildman–Crippen MR) is 109 cm³/mol. The number of hydrogen-bond acceptors (Lipinski definition) is 2. The molecule has 0 aliphatic rings. The Labute approximate surface area is 163 Å². The van der Waals surface area contributed by atoms with E-state index in [1.165, 1.54) is 5.56 Å². The zero-order chi connectivity index (χ0) is 19.5. The van der Waals surface area contributed by atoms with Crippen LogP contribution in [-0.2, 0) is 13.0 Å². The number of carbonyl (C=O) groups excluding carboxylic acids is 2. The number of nitrogens with zero attached hydrogens (tertiary/aromatic N) is 1. The van der Waals surface area contributed by atoms with Gasteiger partial charge >= 0.3 is 0 Å². The summed E-state index contributed by atoms with van der Waals surface area (Å²) in [7, 11) is 0. The molecule has 0 aliphatic heterocycles. The third-order valence-electron chi connectivity index (χ3n) is 5.00. The summed E-state index contributed by atoms with van der Waals surface area (Å²) >= 11 is 0. The first-order chi connectivity index (χ1) is 13.7. The maximum absolute atomic E-state index is 12.8. The van der Waals surface area contributed by atoms with Crippen LogP contribution in [0.4, 0.5) is 0 Å².